The van der Waals surface area contributed by atoms with Crippen molar-refractivity contribution >= 4 is 17.8 Å². The van der Waals surface area contributed by atoms with Crippen LogP contribution in [0.3, 0.4) is 0 Å². The van der Waals surface area contributed by atoms with E-state index in [0.717, 1.165) is 24.0 Å². The Morgan fingerprint density at radius 3 is 2.89 bits per heavy atom. The Kier molecular flexibility index (Phi) is 6.29. The van der Waals surface area contributed by atoms with Gasteiger partial charge in [-0.15, -0.1) is 0 Å². The first-order valence-corrected chi connectivity index (χ1v) is 6.98. The molecule has 5 heteroatoms. The zero-order valence-corrected chi connectivity index (χ0v) is 12.0. The third-order valence-corrected chi connectivity index (χ3v) is 3.10. The number of rotatable bonds is 7. The molecule has 1 rings (SSSR count). The highest BCUT2D eigenvalue weighted by Gasteiger charge is 2.32. The van der Waals surface area contributed by atoms with E-state index in [1.165, 1.54) is 0 Å². The number of carbonyl (C=O) groups excluding carboxylic acids is 1. The van der Waals surface area contributed by atoms with Crippen LogP contribution in [0.25, 0.3) is 0 Å². The van der Waals surface area contributed by atoms with Gasteiger partial charge in [-0.2, -0.15) is 0 Å². The van der Waals surface area contributed by atoms with E-state index in [-0.39, 0.29) is 17.4 Å². The maximum absolute atomic E-state index is 11.6. The van der Waals surface area contributed by atoms with Crippen LogP contribution >= 0.6 is 12.0 Å². The number of hydrogen-bond acceptors (Lipinski definition) is 5. The first-order valence-electron chi connectivity index (χ1n) is 6.07. The first-order chi connectivity index (χ1) is 9.06. The van der Waals surface area contributed by atoms with Crippen LogP contribution in [0.15, 0.2) is 48.1 Å². The van der Waals surface area contributed by atoms with Crippen molar-refractivity contribution in [2.75, 3.05) is 5.75 Å². The van der Waals surface area contributed by atoms with Gasteiger partial charge < -0.3 is 14.7 Å². The SMILES string of the molecule is C=C(/C=C\C=C/CC)CSOC1=C(N)OC(C)C1=O. The van der Waals surface area contributed by atoms with Crippen molar-refractivity contribution in [1.82, 2.24) is 0 Å². The molecule has 0 aliphatic carbocycles. The topological polar surface area (TPSA) is 61.6 Å². The smallest absolute Gasteiger partial charge is 0.244 e. The number of nitrogens with two attached hydrogens (primary N) is 1. The molecule has 0 spiro atoms. The standard InChI is InChI=1S/C14H19NO3S/c1-4-5-6-7-8-10(2)9-19-18-13-12(16)11(3)17-14(13)15/h5-8,11H,2,4,9,15H2,1,3H3/b6-5-,8-7-. The largest absolute Gasteiger partial charge is 0.465 e. The summed E-state index contributed by atoms with van der Waals surface area (Å²) in [6.45, 7) is 7.59. The van der Waals surface area contributed by atoms with E-state index in [9.17, 15) is 4.79 Å². The molecule has 0 amide bonds. The van der Waals surface area contributed by atoms with Crippen LogP contribution in [0, 0.1) is 0 Å². The summed E-state index contributed by atoms with van der Waals surface area (Å²) in [5, 5.41) is 0. The second-order valence-electron chi connectivity index (χ2n) is 4.02. The monoisotopic (exact) mass is 281 g/mol. The number of hydrogen-bond donors (Lipinski definition) is 1. The van der Waals surface area contributed by atoms with E-state index in [0.29, 0.717) is 5.75 Å². The Bertz CT molecular complexity index is 438. The molecule has 0 fully saturated rings. The highest BCUT2D eigenvalue weighted by Crippen LogP contribution is 2.24. The van der Waals surface area contributed by atoms with Crippen LogP contribution < -0.4 is 5.73 Å². The third-order valence-electron chi connectivity index (χ3n) is 2.32. The summed E-state index contributed by atoms with van der Waals surface area (Å²) in [4.78, 5) is 11.6. The number of ether oxygens (including phenoxy) is 1. The second kappa shape index (κ2) is 7.74. The van der Waals surface area contributed by atoms with E-state index in [1.807, 2.05) is 18.2 Å². The van der Waals surface area contributed by atoms with Gasteiger partial charge in [0.25, 0.3) is 0 Å². The zero-order valence-electron chi connectivity index (χ0n) is 11.2. The van der Waals surface area contributed by atoms with Crippen molar-refractivity contribution in [2.45, 2.75) is 26.4 Å². The van der Waals surface area contributed by atoms with Gasteiger partial charge in [0.15, 0.2) is 6.10 Å². The summed E-state index contributed by atoms with van der Waals surface area (Å²) in [5.41, 5.74) is 6.44. The van der Waals surface area contributed by atoms with Crippen LogP contribution in [0.5, 0.6) is 0 Å². The van der Waals surface area contributed by atoms with E-state index < -0.39 is 6.10 Å². The predicted octanol–water partition coefficient (Wildman–Crippen LogP) is 2.85. The molecule has 4 nitrogen and oxygen atoms in total. The third kappa shape index (κ3) is 4.87. The number of allylic oxidation sites excluding steroid dienone is 4. The van der Waals surface area contributed by atoms with Crippen LogP contribution in [0.4, 0.5) is 0 Å². The molecule has 1 heterocycles. The molecule has 0 aromatic rings. The molecule has 0 aromatic heterocycles. The quantitative estimate of drug-likeness (QED) is 0.574. The predicted molar refractivity (Wildman–Crippen MR) is 78.0 cm³/mol. The summed E-state index contributed by atoms with van der Waals surface area (Å²) < 4.78 is 10.3. The minimum atomic E-state index is -0.558. The second-order valence-corrected chi connectivity index (χ2v) is 4.71. The van der Waals surface area contributed by atoms with Gasteiger partial charge in [-0.3, -0.25) is 4.79 Å². The molecule has 0 aromatic carbocycles. The van der Waals surface area contributed by atoms with Crippen LogP contribution in [0.1, 0.15) is 20.3 Å². The Balaban J connectivity index is 2.33. The summed E-state index contributed by atoms with van der Waals surface area (Å²) in [5.74, 6) is 0.476. The van der Waals surface area contributed by atoms with Crippen molar-refractivity contribution in [3.8, 4) is 0 Å². The highest BCUT2D eigenvalue weighted by molar-refractivity contribution is 7.94. The Hall–Kier alpha value is -1.62. The fourth-order valence-corrected chi connectivity index (χ4v) is 1.89. The van der Waals surface area contributed by atoms with Crippen molar-refractivity contribution in [1.29, 1.82) is 0 Å². The Morgan fingerprint density at radius 2 is 2.32 bits per heavy atom. The lowest BCUT2D eigenvalue weighted by Gasteiger charge is -2.03. The Labute approximate surface area is 118 Å². The van der Waals surface area contributed by atoms with Gasteiger partial charge in [0.05, 0.1) is 17.8 Å². The van der Waals surface area contributed by atoms with Crippen molar-refractivity contribution < 1.29 is 13.7 Å². The Morgan fingerprint density at radius 1 is 1.58 bits per heavy atom. The lowest BCUT2D eigenvalue weighted by Crippen LogP contribution is -2.13. The normalized spacial score (nSPS) is 19.5. The summed E-state index contributed by atoms with van der Waals surface area (Å²) >= 11 is 1.12. The minimum absolute atomic E-state index is 0.0528. The maximum Gasteiger partial charge on any atom is 0.244 e. The van der Waals surface area contributed by atoms with Crippen molar-refractivity contribution in [3.05, 3.63) is 48.1 Å². The van der Waals surface area contributed by atoms with Gasteiger partial charge in [-0.1, -0.05) is 37.8 Å². The van der Waals surface area contributed by atoms with Crippen LogP contribution in [-0.4, -0.2) is 17.6 Å². The minimum Gasteiger partial charge on any atom is -0.465 e. The van der Waals surface area contributed by atoms with Gasteiger partial charge in [-0.25, -0.2) is 0 Å². The van der Waals surface area contributed by atoms with Gasteiger partial charge in [-0.05, 0) is 18.9 Å². The molecule has 0 saturated heterocycles. The average Bonchev–Trinajstić information content (AvgIpc) is 2.61. The molecule has 0 radical (unpaired) electrons. The number of Topliss-reactive ketones (excluding diaryl/α,β-unsaturated/α-hetero) is 1. The lowest BCUT2D eigenvalue weighted by molar-refractivity contribution is -0.121. The molecular formula is C14H19NO3S. The molecule has 0 bridgehead atoms. The molecule has 2 N–H and O–H groups in total. The molecule has 0 saturated carbocycles. The molecule has 1 unspecified atom stereocenters. The summed E-state index contributed by atoms with van der Waals surface area (Å²) in [6.07, 6.45) is 8.28. The molecule has 19 heavy (non-hydrogen) atoms. The van der Waals surface area contributed by atoms with Gasteiger partial charge in [0.1, 0.15) is 0 Å². The van der Waals surface area contributed by atoms with Crippen molar-refractivity contribution in [2.24, 2.45) is 5.73 Å². The van der Waals surface area contributed by atoms with Gasteiger partial charge in [0, 0.05) is 0 Å². The van der Waals surface area contributed by atoms with E-state index in [1.54, 1.807) is 6.92 Å². The first kappa shape index (κ1) is 15.4. The van der Waals surface area contributed by atoms with E-state index in [2.05, 4.69) is 19.6 Å². The van der Waals surface area contributed by atoms with E-state index in [4.69, 9.17) is 14.7 Å². The van der Waals surface area contributed by atoms with Crippen LogP contribution in [-0.2, 0) is 13.7 Å². The maximum atomic E-state index is 11.6. The van der Waals surface area contributed by atoms with Crippen LogP contribution in [0.2, 0.25) is 0 Å². The summed E-state index contributed by atoms with van der Waals surface area (Å²) in [7, 11) is 0. The van der Waals surface area contributed by atoms with Crippen molar-refractivity contribution in [3.63, 3.8) is 0 Å². The fourth-order valence-electron chi connectivity index (χ4n) is 1.30. The molecule has 104 valence electrons. The van der Waals surface area contributed by atoms with Gasteiger partial charge in [0.2, 0.25) is 17.4 Å². The fraction of sp³-hybridized carbons (Fsp3) is 0.357. The zero-order chi connectivity index (χ0) is 14.3. The molecule has 1 atom stereocenters. The summed E-state index contributed by atoms with van der Waals surface area (Å²) in [6, 6.07) is 0. The molecule has 1 aliphatic heterocycles. The molecule has 1 aliphatic rings. The number of carbonyl (C=O) groups is 1. The lowest BCUT2D eigenvalue weighted by atomic mass is 10.2. The average molecular weight is 281 g/mol. The number of ketones is 1. The molecular weight excluding hydrogens is 262 g/mol. The van der Waals surface area contributed by atoms with E-state index >= 15 is 0 Å². The highest BCUT2D eigenvalue weighted by atomic mass is 32.2. The van der Waals surface area contributed by atoms with Gasteiger partial charge >= 0.3 is 0 Å².